The van der Waals surface area contributed by atoms with Crippen molar-refractivity contribution in [3.05, 3.63) is 58.9 Å². The molecular formula is C20H23ClN4O2. The molecule has 1 aromatic heterocycles. The second-order valence-electron chi connectivity index (χ2n) is 6.54. The number of hydrogen-bond acceptors (Lipinski definition) is 4. The number of carbonyl (C=O) groups is 2. The van der Waals surface area contributed by atoms with Crippen LogP contribution in [0.25, 0.3) is 0 Å². The molecule has 0 aliphatic carbocycles. The van der Waals surface area contributed by atoms with Crippen LogP contribution in [0.3, 0.4) is 0 Å². The molecular weight excluding hydrogens is 364 g/mol. The highest BCUT2D eigenvalue weighted by atomic mass is 35.5. The van der Waals surface area contributed by atoms with Crippen LogP contribution in [0.15, 0.2) is 42.6 Å². The summed E-state index contributed by atoms with van der Waals surface area (Å²) < 4.78 is 0. The lowest BCUT2D eigenvalue weighted by atomic mass is 10.1. The number of amides is 2. The van der Waals surface area contributed by atoms with E-state index in [0.717, 1.165) is 23.7 Å². The van der Waals surface area contributed by atoms with Crippen LogP contribution < -0.4 is 5.32 Å². The minimum atomic E-state index is -0.0938. The number of pyridine rings is 1. The van der Waals surface area contributed by atoms with E-state index in [2.05, 4.69) is 10.3 Å². The lowest BCUT2D eigenvalue weighted by molar-refractivity contribution is -0.130. The third-order valence-corrected chi connectivity index (χ3v) is 4.86. The molecule has 0 unspecified atom stereocenters. The summed E-state index contributed by atoms with van der Waals surface area (Å²) in [6.45, 7) is 4.54. The Morgan fingerprint density at radius 2 is 1.85 bits per heavy atom. The number of halogens is 1. The van der Waals surface area contributed by atoms with Crippen molar-refractivity contribution in [2.75, 3.05) is 38.0 Å². The molecule has 142 valence electrons. The number of rotatable bonds is 5. The van der Waals surface area contributed by atoms with E-state index in [9.17, 15) is 9.59 Å². The van der Waals surface area contributed by atoms with Gasteiger partial charge in [0.05, 0.1) is 11.9 Å². The zero-order valence-electron chi connectivity index (χ0n) is 15.3. The van der Waals surface area contributed by atoms with Crippen molar-refractivity contribution in [2.24, 2.45) is 0 Å². The molecule has 6 nitrogen and oxygen atoms in total. The minimum absolute atomic E-state index is 0.0495. The maximum Gasteiger partial charge on any atom is 0.272 e. The van der Waals surface area contributed by atoms with Gasteiger partial charge in [-0.2, -0.15) is 0 Å². The Kier molecular flexibility index (Phi) is 6.29. The van der Waals surface area contributed by atoms with E-state index in [1.807, 2.05) is 30.3 Å². The van der Waals surface area contributed by atoms with E-state index in [1.54, 1.807) is 29.0 Å². The molecule has 7 heteroatoms. The summed E-state index contributed by atoms with van der Waals surface area (Å²) in [4.78, 5) is 31.7. The van der Waals surface area contributed by atoms with Gasteiger partial charge in [-0.3, -0.25) is 9.59 Å². The van der Waals surface area contributed by atoms with Crippen molar-refractivity contribution in [3.63, 3.8) is 0 Å². The first-order chi connectivity index (χ1) is 13.0. The average Bonchev–Trinajstić information content (AvgIpc) is 2.68. The first-order valence-electron chi connectivity index (χ1n) is 9.02. The van der Waals surface area contributed by atoms with Crippen LogP contribution in [0.5, 0.6) is 0 Å². The number of carbonyl (C=O) groups excluding carboxylic acids is 2. The summed E-state index contributed by atoms with van der Waals surface area (Å²) >= 11 is 5.99. The zero-order chi connectivity index (χ0) is 19.2. The summed E-state index contributed by atoms with van der Waals surface area (Å²) in [6, 6.07) is 11.4. The molecule has 2 heterocycles. The van der Waals surface area contributed by atoms with Crippen molar-refractivity contribution < 1.29 is 9.59 Å². The molecule has 1 aliphatic heterocycles. The lowest BCUT2D eigenvalue weighted by Crippen LogP contribution is -2.50. The Morgan fingerprint density at radius 3 is 2.48 bits per heavy atom. The predicted octanol–water partition coefficient (Wildman–Crippen LogP) is 2.69. The fourth-order valence-corrected chi connectivity index (χ4v) is 3.27. The minimum Gasteiger partial charge on any atom is -0.383 e. The van der Waals surface area contributed by atoms with Crippen LogP contribution in [-0.4, -0.2) is 59.3 Å². The Balaban J connectivity index is 1.49. The molecule has 0 saturated carbocycles. The second kappa shape index (κ2) is 8.86. The van der Waals surface area contributed by atoms with Crippen LogP contribution in [0, 0.1) is 0 Å². The fraction of sp³-hybridized carbons (Fsp3) is 0.350. The highest BCUT2D eigenvalue weighted by Gasteiger charge is 2.23. The van der Waals surface area contributed by atoms with Gasteiger partial charge < -0.3 is 15.1 Å². The smallest absolute Gasteiger partial charge is 0.272 e. The highest BCUT2D eigenvalue weighted by molar-refractivity contribution is 6.30. The Labute approximate surface area is 164 Å². The monoisotopic (exact) mass is 386 g/mol. The Bertz CT molecular complexity index is 802. The first-order valence-corrected chi connectivity index (χ1v) is 9.40. The molecule has 0 spiro atoms. The van der Waals surface area contributed by atoms with Gasteiger partial charge in [-0.1, -0.05) is 23.7 Å². The van der Waals surface area contributed by atoms with Crippen LogP contribution in [0.2, 0.25) is 5.02 Å². The Morgan fingerprint density at radius 1 is 1.11 bits per heavy atom. The maximum atomic E-state index is 12.5. The largest absolute Gasteiger partial charge is 0.383 e. The van der Waals surface area contributed by atoms with Crippen molar-refractivity contribution in [1.82, 2.24) is 14.8 Å². The van der Waals surface area contributed by atoms with E-state index in [4.69, 9.17) is 11.6 Å². The summed E-state index contributed by atoms with van der Waals surface area (Å²) in [5, 5.41) is 4.04. The maximum absolute atomic E-state index is 12.5. The number of hydrogen-bond donors (Lipinski definition) is 1. The molecule has 1 fully saturated rings. The summed E-state index contributed by atoms with van der Waals surface area (Å²) in [5.41, 5.74) is 2.46. The number of anilines is 1. The van der Waals surface area contributed by atoms with Gasteiger partial charge in [0.1, 0.15) is 5.69 Å². The topological polar surface area (TPSA) is 65.5 Å². The fourth-order valence-electron chi connectivity index (χ4n) is 3.06. The van der Waals surface area contributed by atoms with E-state index < -0.39 is 0 Å². The summed E-state index contributed by atoms with van der Waals surface area (Å²) in [7, 11) is 0. The lowest BCUT2D eigenvalue weighted by Gasteiger charge is -2.34. The second-order valence-corrected chi connectivity index (χ2v) is 6.97. The van der Waals surface area contributed by atoms with Gasteiger partial charge in [-0.15, -0.1) is 0 Å². The van der Waals surface area contributed by atoms with Gasteiger partial charge >= 0.3 is 0 Å². The molecule has 1 N–H and O–H groups in total. The number of benzene rings is 1. The third kappa shape index (κ3) is 5.20. The molecule has 0 radical (unpaired) electrons. The van der Waals surface area contributed by atoms with Gasteiger partial charge in [-0.25, -0.2) is 4.98 Å². The number of piperazine rings is 1. The van der Waals surface area contributed by atoms with E-state index in [-0.39, 0.29) is 11.8 Å². The van der Waals surface area contributed by atoms with Gasteiger partial charge in [0.25, 0.3) is 5.91 Å². The molecule has 2 amide bonds. The van der Waals surface area contributed by atoms with Crippen molar-refractivity contribution in [3.8, 4) is 0 Å². The van der Waals surface area contributed by atoms with Gasteiger partial charge in [0, 0.05) is 44.7 Å². The number of aromatic nitrogens is 1. The predicted molar refractivity (Wildman–Crippen MR) is 106 cm³/mol. The van der Waals surface area contributed by atoms with Crippen molar-refractivity contribution in [1.29, 1.82) is 0 Å². The normalized spacial score (nSPS) is 14.1. The van der Waals surface area contributed by atoms with E-state index in [1.165, 1.54) is 5.56 Å². The zero-order valence-corrected chi connectivity index (χ0v) is 16.1. The summed E-state index contributed by atoms with van der Waals surface area (Å²) in [5.74, 6) is -0.0443. The van der Waals surface area contributed by atoms with Crippen LogP contribution in [0.1, 0.15) is 23.0 Å². The Hall–Kier alpha value is -2.60. The van der Waals surface area contributed by atoms with Gasteiger partial charge in [0.2, 0.25) is 5.91 Å². The molecule has 27 heavy (non-hydrogen) atoms. The molecule has 1 aliphatic rings. The molecule has 0 bridgehead atoms. The molecule has 1 aromatic carbocycles. The average molecular weight is 387 g/mol. The van der Waals surface area contributed by atoms with Crippen molar-refractivity contribution >= 4 is 29.1 Å². The SMILES string of the molecule is CC(=O)N1CCN(C(=O)c2ccc(NCCc3cccc(Cl)c3)cn2)CC1. The number of nitrogens with zero attached hydrogens (tertiary/aromatic N) is 3. The summed E-state index contributed by atoms with van der Waals surface area (Å²) in [6.07, 6.45) is 2.53. The van der Waals surface area contributed by atoms with Crippen LogP contribution in [-0.2, 0) is 11.2 Å². The van der Waals surface area contributed by atoms with Gasteiger partial charge in [0.15, 0.2) is 0 Å². The quantitative estimate of drug-likeness (QED) is 0.858. The molecule has 3 rings (SSSR count). The molecule has 2 aromatic rings. The number of nitrogens with one attached hydrogen (secondary N) is 1. The van der Waals surface area contributed by atoms with Crippen LogP contribution >= 0.6 is 11.6 Å². The molecule has 1 saturated heterocycles. The van der Waals surface area contributed by atoms with Crippen LogP contribution in [0.4, 0.5) is 5.69 Å². The third-order valence-electron chi connectivity index (χ3n) is 4.63. The van der Waals surface area contributed by atoms with Crippen molar-refractivity contribution in [2.45, 2.75) is 13.3 Å². The molecule has 0 atom stereocenters. The van der Waals surface area contributed by atoms with E-state index in [0.29, 0.717) is 31.9 Å². The van der Waals surface area contributed by atoms with E-state index >= 15 is 0 Å². The highest BCUT2D eigenvalue weighted by Crippen LogP contribution is 2.13. The first kappa shape index (κ1) is 19.2. The standard InChI is InChI=1S/C20H23ClN4O2/c1-15(26)24-9-11-25(12-10-24)20(27)19-6-5-18(14-23-19)22-8-7-16-3-2-4-17(21)13-16/h2-6,13-14,22H,7-12H2,1H3. The van der Waals surface area contributed by atoms with Gasteiger partial charge in [-0.05, 0) is 36.2 Å².